The van der Waals surface area contributed by atoms with Crippen molar-refractivity contribution in [3.05, 3.63) is 102 Å². The minimum Gasteiger partial charge on any atom is -0.489 e. The second-order valence-electron chi connectivity index (χ2n) is 7.85. The van der Waals surface area contributed by atoms with E-state index in [4.69, 9.17) is 18.9 Å². The van der Waals surface area contributed by atoms with Crippen molar-refractivity contribution >= 4 is 5.97 Å². The topological polar surface area (TPSA) is 111 Å². The fraction of sp³-hybridized carbons (Fsp3) is 0.222. The third-order valence-corrected chi connectivity index (χ3v) is 5.26. The molecule has 2 aromatic carbocycles. The molecule has 1 unspecified atom stereocenters. The highest BCUT2D eigenvalue weighted by atomic mass is 16.7. The van der Waals surface area contributed by atoms with Gasteiger partial charge in [-0.15, -0.1) is 0 Å². The molecule has 0 saturated carbocycles. The molecule has 178 valence electrons. The predicted octanol–water partition coefficient (Wildman–Crippen LogP) is 4.60. The summed E-state index contributed by atoms with van der Waals surface area (Å²) in [6, 6.07) is 20.4. The van der Waals surface area contributed by atoms with Crippen LogP contribution in [0.25, 0.3) is 0 Å². The van der Waals surface area contributed by atoms with Crippen LogP contribution in [-0.2, 0) is 27.3 Å². The number of nitrogens with zero attached hydrogens (tertiary/aromatic N) is 2. The molecule has 0 saturated heterocycles. The lowest BCUT2D eigenvalue weighted by Gasteiger charge is -2.21. The van der Waals surface area contributed by atoms with E-state index in [-0.39, 0.29) is 18.6 Å². The molecular formula is C27H24N2O6. The summed E-state index contributed by atoms with van der Waals surface area (Å²) >= 11 is 0. The van der Waals surface area contributed by atoms with E-state index in [9.17, 15) is 15.2 Å². The maximum Gasteiger partial charge on any atom is 0.303 e. The van der Waals surface area contributed by atoms with Gasteiger partial charge in [-0.05, 0) is 23.8 Å². The molecule has 0 fully saturated rings. The molecule has 2 heterocycles. The minimum absolute atomic E-state index is 0.133. The quantitative estimate of drug-likeness (QED) is 0.431. The Morgan fingerprint density at radius 2 is 1.97 bits per heavy atom. The standard InChI is InChI=1S/C27H24N2O6/c28-15-21-8-9-22(32-17-20-7-4-12-29-16-20)14-24(21)34-23(10-11-26(30)31)25-18-33-27(35-25)13-19-5-2-1-3-6-19/h1-9,12,14,16,18,23,27H,10-11,13,17H2,(H,30,31)/t23-,27?/m0/s1. The van der Waals surface area contributed by atoms with Crippen LogP contribution in [0.2, 0.25) is 0 Å². The van der Waals surface area contributed by atoms with Crippen LogP contribution < -0.4 is 9.47 Å². The van der Waals surface area contributed by atoms with Crippen LogP contribution in [0.3, 0.4) is 0 Å². The summed E-state index contributed by atoms with van der Waals surface area (Å²) in [5.41, 5.74) is 2.23. The molecule has 4 rings (SSSR count). The van der Waals surface area contributed by atoms with Gasteiger partial charge in [-0.3, -0.25) is 9.78 Å². The lowest BCUT2D eigenvalue weighted by atomic mass is 10.1. The maximum absolute atomic E-state index is 11.2. The summed E-state index contributed by atoms with van der Waals surface area (Å²) in [7, 11) is 0. The van der Waals surface area contributed by atoms with Gasteiger partial charge < -0.3 is 24.1 Å². The van der Waals surface area contributed by atoms with E-state index in [1.54, 1.807) is 30.6 Å². The normalized spacial score (nSPS) is 15.2. The number of hydrogen-bond donors (Lipinski definition) is 1. The zero-order chi connectivity index (χ0) is 24.5. The average Bonchev–Trinajstić information content (AvgIpc) is 3.34. The highest BCUT2D eigenvalue weighted by molar-refractivity contribution is 5.66. The molecule has 8 nitrogen and oxygen atoms in total. The van der Waals surface area contributed by atoms with E-state index in [0.717, 1.165) is 11.1 Å². The Balaban J connectivity index is 1.47. The smallest absolute Gasteiger partial charge is 0.303 e. The summed E-state index contributed by atoms with van der Waals surface area (Å²) in [4.78, 5) is 15.3. The first-order valence-corrected chi connectivity index (χ1v) is 11.1. The SMILES string of the molecule is N#Cc1ccc(OCc2cccnc2)cc1O[C@@H](CCC(=O)O)C1=COC(Cc2ccccc2)O1. The van der Waals surface area contributed by atoms with Gasteiger partial charge in [0.1, 0.15) is 30.4 Å². The highest BCUT2D eigenvalue weighted by Crippen LogP contribution is 2.31. The number of ether oxygens (including phenoxy) is 4. The first-order chi connectivity index (χ1) is 17.1. The van der Waals surface area contributed by atoms with E-state index in [2.05, 4.69) is 11.1 Å². The zero-order valence-electron chi connectivity index (χ0n) is 18.9. The summed E-state index contributed by atoms with van der Waals surface area (Å²) in [6.07, 6.45) is 4.05. The van der Waals surface area contributed by atoms with Gasteiger partial charge in [0.05, 0.1) is 5.56 Å². The van der Waals surface area contributed by atoms with Gasteiger partial charge in [-0.25, -0.2) is 0 Å². The number of benzene rings is 2. The number of pyridine rings is 1. The first-order valence-electron chi connectivity index (χ1n) is 11.1. The number of carboxylic acids is 1. The Morgan fingerprint density at radius 3 is 2.71 bits per heavy atom. The Kier molecular flexibility index (Phi) is 7.81. The summed E-state index contributed by atoms with van der Waals surface area (Å²) < 4.78 is 23.5. The van der Waals surface area contributed by atoms with Crippen molar-refractivity contribution in [2.45, 2.75) is 38.3 Å². The molecule has 0 spiro atoms. The van der Waals surface area contributed by atoms with E-state index < -0.39 is 18.4 Å². The van der Waals surface area contributed by atoms with Gasteiger partial charge in [0, 0.05) is 43.3 Å². The van der Waals surface area contributed by atoms with Crippen molar-refractivity contribution in [3.63, 3.8) is 0 Å². The molecule has 0 radical (unpaired) electrons. The number of carbonyl (C=O) groups is 1. The van der Waals surface area contributed by atoms with Crippen molar-refractivity contribution in [2.24, 2.45) is 0 Å². The number of aromatic nitrogens is 1. The fourth-order valence-corrected chi connectivity index (χ4v) is 3.50. The van der Waals surface area contributed by atoms with Gasteiger partial charge in [0.15, 0.2) is 11.9 Å². The molecule has 0 aliphatic carbocycles. The Hall–Kier alpha value is -4.51. The van der Waals surface area contributed by atoms with Crippen LogP contribution in [0.1, 0.15) is 29.5 Å². The molecule has 3 aromatic rings. The van der Waals surface area contributed by atoms with Gasteiger partial charge >= 0.3 is 5.97 Å². The lowest BCUT2D eigenvalue weighted by molar-refractivity contribution is -0.137. The van der Waals surface area contributed by atoms with Crippen molar-refractivity contribution in [1.82, 2.24) is 4.98 Å². The number of hydrogen-bond acceptors (Lipinski definition) is 7. The lowest BCUT2D eigenvalue weighted by Crippen LogP contribution is -2.23. The second-order valence-corrected chi connectivity index (χ2v) is 7.85. The van der Waals surface area contributed by atoms with E-state index in [1.165, 1.54) is 6.26 Å². The molecule has 8 heteroatoms. The number of carboxylic acid groups (broad SMARTS) is 1. The van der Waals surface area contributed by atoms with Crippen LogP contribution in [0.5, 0.6) is 11.5 Å². The minimum atomic E-state index is -0.965. The molecule has 1 aliphatic rings. The molecule has 0 bridgehead atoms. The van der Waals surface area contributed by atoms with Crippen molar-refractivity contribution in [3.8, 4) is 17.6 Å². The van der Waals surface area contributed by atoms with Crippen molar-refractivity contribution < 1.29 is 28.8 Å². The molecule has 2 atom stereocenters. The van der Waals surface area contributed by atoms with Crippen LogP contribution in [0.15, 0.2) is 85.1 Å². The van der Waals surface area contributed by atoms with Gasteiger partial charge in [-0.1, -0.05) is 36.4 Å². The van der Waals surface area contributed by atoms with Gasteiger partial charge in [0.2, 0.25) is 6.29 Å². The molecule has 35 heavy (non-hydrogen) atoms. The molecule has 1 aliphatic heterocycles. The summed E-state index contributed by atoms with van der Waals surface area (Å²) in [5.74, 6) is 0.174. The zero-order valence-corrected chi connectivity index (χ0v) is 18.9. The van der Waals surface area contributed by atoms with E-state index in [1.807, 2.05) is 42.5 Å². The number of aliphatic carboxylic acids is 1. The Morgan fingerprint density at radius 1 is 1.14 bits per heavy atom. The fourth-order valence-electron chi connectivity index (χ4n) is 3.50. The highest BCUT2D eigenvalue weighted by Gasteiger charge is 2.29. The van der Waals surface area contributed by atoms with E-state index in [0.29, 0.717) is 30.1 Å². The monoisotopic (exact) mass is 472 g/mol. The Labute approximate surface area is 203 Å². The van der Waals surface area contributed by atoms with Gasteiger partial charge in [-0.2, -0.15) is 5.26 Å². The number of rotatable bonds is 11. The second kappa shape index (κ2) is 11.6. The molecule has 1 aromatic heterocycles. The average molecular weight is 472 g/mol. The summed E-state index contributed by atoms with van der Waals surface area (Å²) in [5, 5.41) is 18.8. The van der Waals surface area contributed by atoms with Crippen LogP contribution in [-0.4, -0.2) is 28.5 Å². The predicted molar refractivity (Wildman–Crippen MR) is 125 cm³/mol. The molecular weight excluding hydrogens is 448 g/mol. The maximum atomic E-state index is 11.2. The van der Waals surface area contributed by atoms with Crippen LogP contribution in [0.4, 0.5) is 0 Å². The number of nitriles is 1. The van der Waals surface area contributed by atoms with Crippen LogP contribution in [0, 0.1) is 11.3 Å². The van der Waals surface area contributed by atoms with Crippen LogP contribution >= 0.6 is 0 Å². The molecule has 1 N–H and O–H groups in total. The third kappa shape index (κ3) is 6.74. The van der Waals surface area contributed by atoms with E-state index >= 15 is 0 Å². The largest absolute Gasteiger partial charge is 0.489 e. The summed E-state index contributed by atoms with van der Waals surface area (Å²) in [6.45, 7) is 0.297. The first kappa shape index (κ1) is 23.6. The molecule has 0 amide bonds. The third-order valence-electron chi connectivity index (χ3n) is 5.26. The van der Waals surface area contributed by atoms with Crippen molar-refractivity contribution in [2.75, 3.05) is 0 Å². The van der Waals surface area contributed by atoms with Gasteiger partial charge in [0.25, 0.3) is 0 Å². The van der Waals surface area contributed by atoms with Crippen molar-refractivity contribution in [1.29, 1.82) is 5.26 Å². The Bertz CT molecular complexity index is 1210.